The molecule has 0 aromatic rings. The Kier molecular flexibility index (Phi) is 8.32. The van der Waals surface area contributed by atoms with Crippen LogP contribution in [-0.2, 0) is 9.63 Å². The van der Waals surface area contributed by atoms with Gasteiger partial charge >= 0.3 is 6.09 Å². The number of rotatable bonds is 6. The van der Waals surface area contributed by atoms with E-state index in [1.807, 2.05) is 6.92 Å². The molecule has 0 unspecified atom stereocenters. The van der Waals surface area contributed by atoms with Gasteiger partial charge in [-0.05, 0) is 13.3 Å². The van der Waals surface area contributed by atoms with Gasteiger partial charge in [-0.25, -0.2) is 4.79 Å². The number of carbonyl (C=O) groups excluding carboxylic acids is 2. The highest BCUT2D eigenvalue weighted by Gasteiger charge is 2.02. The van der Waals surface area contributed by atoms with Gasteiger partial charge in [-0.3, -0.25) is 9.63 Å². The van der Waals surface area contributed by atoms with Crippen LogP contribution in [0.1, 0.15) is 26.7 Å². The predicted molar refractivity (Wildman–Crippen MR) is 64.2 cm³/mol. The summed E-state index contributed by atoms with van der Waals surface area (Å²) in [4.78, 5) is 26.0. The summed E-state index contributed by atoms with van der Waals surface area (Å²) in [5.74, 6) is -0.317. The first-order chi connectivity index (χ1) is 7.56. The van der Waals surface area contributed by atoms with Crippen molar-refractivity contribution >= 4 is 28.8 Å². The lowest BCUT2D eigenvalue weighted by Gasteiger charge is -2.01. The van der Waals surface area contributed by atoms with Crippen molar-refractivity contribution in [2.75, 3.05) is 12.3 Å². The fourth-order valence-corrected chi connectivity index (χ4v) is 1.15. The van der Waals surface area contributed by atoms with Crippen molar-refractivity contribution in [1.82, 2.24) is 5.32 Å². The van der Waals surface area contributed by atoms with E-state index in [2.05, 4.69) is 15.3 Å². The van der Waals surface area contributed by atoms with Crippen LogP contribution >= 0.6 is 11.8 Å². The molecule has 0 bridgehead atoms. The number of amides is 2. The van der Waals surface area contributed by atoms with Crippen molar-refractivity contribution in [3.8, 4) is 0 Å². The number of nitrogens with zero attached hydrogens (tertiary/aromatic N) is 1. The summed E-state index contributed by atoms with van der Waals surface area (Å²) in [7, 11) is 0. The van der Waals surface area contributed by atoms with Crippen LogP contribution in [-0.4, -0.2) is 29.3 Å². The molecule has 0 aliphatic rings. The molecule has 0 aliphatic carbocycles. The SMILES string of the molecule is CCCCNC(=O)ON=C(C)SCC(N)=O. The van der Waals surface area contributed by atoms with Crippen LogP contribution < -0.4 is 11.1 Å². The lowest BCUT2D eigenvalue weighted by molar-refractivity contribution is -0.115. The zero-order valence-electron chi connectivity index (χ0n) is 9.49. The van der Waals surface area contributed by atoms with Crippen LogP contribution in [0.4, 0.5) is 4.79 Å². The summed E-state index contributed by atoms with van der Waals surface area (Å²) >= 11 is 1.13. The van der Waals surface area contributed by atoms with E-state index < -0.39 is 12.0 Å². The van der Waals surface area contributed by atoms with E-state index in [9.17, 15) is 9.59 Å². The largest absolute Gasteiger partial charge is 0.433 e. The fourth-order valence-electron chi connectivity index (χ4n) is 0.707. The molecule has 0 aromatic heterocycles. The second-order valence-electron chi connectivity index (χ2n) is 3.02. The Morgan fingerprint density at radius 2 is 2.19 bits per heavy atom. The van der Waals surface area contributed by atoms with Gasteiger partial charge in [0.2, 0.25) is 5.91 Å². The summed E-state index contributed by atoms with van der Waals surface area (Å²) < 4.78 is 0. The summed E-state index contributed by atoms with van der Waals surface area (Å²) in [5.41, 5.74) is 4.94. The first kappa shape index (κ1) is 14.8. The molecule has 0 fully saturated rings. The van der Waals surface area contributed by atoms with Crippen molar-refractivity contribution in [3.63, 3.8) is 0 Å². The van der Waals surface area contributed by atoms with Gasteiger partial charge in [-0.1, -0.05) is 30.3 Å². The minimum Gasteiger partial charge on any atom is -0.369 e. The number of primary amides is 1. The van der Waals surface area contributed by atoms with Gasteiger partial charge < -0.3 is 11.1 Å². The maximum Gasteiger partial charge on any atom is 0.433 e. The van der Waals surface area contributed by atoms with Gasteiger partial charge in [0.15, 0.2) is 0 Å². The molecule has 16 heavy (non-hydrogen) atoms. The highest BCUT2D eigenvalue weighted by molar-refractivity contribution is 8.14. The number of nitrogens with two attached hydrogens (primary N) is 1. The third kappa shape index (κ3) is 9.32. The lowest BCUT2D eigenvalue weighted by atomic mass is 10.3. The Hall–Kier alpha value is -1.24. The van der Waals surface area contributed by atoms with E-state index in [-0.39, 0.29) is 5.75 Å². The summed E-state index contributed by atoms with van der Waals surface area (Å²) in [5, 5.41) is 6.55. The second-order valence-corrected chi connectivity index (χ2v) is 4.19. The molecular formula is C9H17N3O3S. The van der Waals surface area contributed by atoms with Crippen LogP contribution in [0.3, 0.4) is 0 Å². The third-order valence-corrected chi connectivity index (χ3v) is 2.40. The molecule has 0 rings (SSSR count). The maximum atomic E-state index is 11.0. The summed E-state index contributed by atoms with van der Waals surface area (Å²) in [6, 6.07) is 0. The maximum absolute atomic E-state index is 11.0. The van der Waals surface area contributed by atoms with Crippen LogP contribution in [0.2, 0.25) is 0 Å². The van der Waals surface area contributed by atoms with E-state index in [0.717, 1.165) is 24.6 Å². The number of oxime groups is 1. The van der Waals surface area contributed by atoms with E-state index in [1.165, 1.54) is 0 Å². The van der Waals surface area contributed by atoms with Gasteiger partial charge in [0.05, 0.1) is 5.75 Å². The highest BCUT2D eigenvalue weighted by atomic mass is 32.2. The molecule has 92 valence electrons. The Morgan fingerprint density at radius 3 is 2.75 bits per heavy atom. The van der Waals surface area contributed by atoms with E-state index in [1.54, 1.807) is 6.92 Å². The summed E-state index contributed by atoms with van der Waals surface area (Å²) in [6.07, 6.45) is 1.30. The standard InChI is InChI=1S/C9H17N3O3S/c1-3-4-5-11-9(14)15-12-7(2)16-6-8(10)13/h3-6H2,1-2H3,(H2,10,13)(H,11,14). The van der Waals surface area contributed by atoms with E-state index in [4.69, 9.17) is 5.73 Å². The molecule has 0 aliphatic heterocycles. The third-order valence-electron chi connectivity index (χ3n) is 1.48. The van der Waals surface area contributed by atoms with Crippen molar-refractivity contribution in [2.24, 2.45) is 10.9 Å². The van der Waals surface area contributed by atoms with E-state index in [0.29, 0.717) is 11.6 Å². The summed E-state index contributed by atoms with van der Waals surface area (Å²) in [6.45, 7) is 4.22. The quantitative estimate of drug-likeness (QED) is 0.241. The molecule has 0 radical (unpaired) electrons. The molecule has 0 heterocycles. The highest BCUT2D eigenvalue weighted by Crippen LogP contribution is 2.02. The van der Waals surface area contributed by atoms with E-state index >= 15 is 0 Å². The molecule has 3 N–H and O–H groups in total. The van der Waals surface area contributed by atoms with Crippen LogP contribution in [0.15, 0.2) is 5.16 Å². The molecule has 6 nitrogen and oxygen atoms in total. The second kappa shape index (κ2) is 9.02. The Balaban J connectivity index is 3.70. The van der Waals surface area contributed by atoms with Crippen molar-refractivity contribution < 1.29 is 14.4 Å². The number of thioether (sulfide) groups is 1. The average Bonchev–Trinajstić information content (AvgIpc) is 2.24. The minimum atomic E-state index is -0.590. The Bertz CT molecular complexity index is 269. The number of nitrogens with one attached hydrogen (secondary N) is 1. The first-order valence-corrected chi connectivity index (χ1v) is 5.95. The van der Waals surface area contributed by atoms with Crippen LogP contribution in [0.25, 0.3) is 0 Å². The monoisotopic (exact) mass is 247 g/mol. The van der Waals surface area contributed by atoms with Gasteiger partial charge in [0, 0.05) is 6.54 Å². The van der Waals surface area contributed by atoms with Gasteiger partial charge in [-0.15, -0.1) is 0 Å². The number of carbonyl (C=O) groups is 2. The lowest BCUT2D eigenvalue weighted by Crippen LogP contribution is -2.23. The minimum absolute atomic E-state index is 0.121. The predicted octanol–water partition coefficient (Wildman–Crippen LogP) is 1.06. The Labute approximate surface area is 99.0 Å². The molecule has 0 spiro atoms. The first-order valence-electron chi connectivity index (χ1n) is 4.96. The number of unbranched alkanes of at least 4 members (excludes halogenated alkanes) is 1. The van der Waals surface area contributed by atoms with Gasteiger partial charge in [0.25, 0.3) is 0 Å². The fraction of sp³-hybridized carbons (Fsp3) is 0.667. The van der Waals surface area contributed by atoms with Crippen molar-refractivity contribution in [2.45, 2.75) is 26.7 Å². The molecule has 2 amide bonds. The zero-order chi connectivity index (χ0) is 12.4. The Morgan fingerprint density at radius 1 is 1.50 bits per heavy atom. The zero-order valence-corrected chi connectivity index (χ0v) is 10.3. The number of hydrogen-bond donors (Lipinski definition) is 2. The normalized spacial score (nSPS) is 11.0. The molecule has 7 heteroatoms. The average molecular weight is 247 g/mol. The van der Waals surface area contributed by atoms with Crippen LogP contribution in [0, 0.1) is 0 Å². The molecule has 0 aromatic carbocycles. The van der Waals surface area contributed by atoms with Crippen LogP contribution in [0.5, 0.6) is 0 Å². The molecular weight excluding hydrogens is 230 g/mol. The molecule has 0 atom stereocenters. The van der Waals surface area contributed by atoms with Crippen molar-refractivity contribution in [3.05, 3.63) is 0 Å². The van der Waals surface area contributed by atoms with Crippen molar-refractivity contribution in [1.29, 1.82) is 0 Å². The number of hydrogen-bond acceptors (Lipinski definition) is 5. The van der Waals surface area contributed by atoms with Gasteiger partial charge in [-0.2, -0.15) is 0 Å². The topological polar surface area (TPSA) is 93.8 Å². The molecule has 0 saturated carbocycles. The molecule has 0 saturated heterocycles. The smallest absolute Gasteiger partial charge is 0.369 e. The van der Waals surface area contributed by atoms with Gasteiger partial charge in [0.1, 0.15) is 5.04 Å².